The minimum atomic E-state index is 0.563. The first-order valence-corrected chi connectivity index (χ1v) is 10.4. The molecule has 6 nitrogen and oxygen atoms in total. The lowest BCUT2D eigenvalue weighted by molar-refractivity contribution is 0.0174. The topological polar surface area (TPSA) is 46.1 Å². The third kappa shape index (κ3) is 5.56. The van der Waals surface area contributed by atoms with Crippen LogP contribution in [0.4, 0.5) is 0 Å². The lowest BCUT2D eigenvalue weighted by atomic mass is 10.0. The van der Waals surface area contributed by atoms with E-state index in [2.05, 4.69) is 46.1 Å². The van der Waals surface area contributed by atoms with Crippen molar-refractivity contribution in [2.45, 2.75) is 45.7 Å². The lowest BCUT2D eigenvalue weighted by Crippen LogP contribution is -2.62. The highest BCUT2D eigenvalue weighted by Gasteiger charge is 2.31. The normalized spacial score (nSPS) is 31.5. The summed E-state index contributed by atoms with van der Waals surface area (Å²) in [6.07, 6.45) is 2.45. The number of piperidine rings is 1. The molecule has 4 saturated heterocycles. The molecule has 0 aromatic heterocycles. The molecule has 0 aromatic rings. The first kappa shape index (κ1) is 18.9. The summed E-state index contributed by atoms with van der Waals surface area (Å²) in [7, 11) is 0. The number of hydrogen-bond donors (Lipinski definition) is 2. The summed E-state index contributed by atoms with van der Waals surface area (Å²) in [4.78, 5) is 12.7. The Morgan fingerprint density at radius 2 is 1.80 bits per heavy atom. The van der Waals surface area contributed by atoms with Crippen LogP contribution in [0, 0.1) is 5.92 Å². The van der Waals surface area contributed by atoms with Gasteiger partial charge in [-0.3, -0.25) is 14.8 Å². The van der Waals surface area contributed by atoms with Gasteiger partial charge in [-0.05, 0) is 25.7 Å². The zero-order valence-electron chi connectivity index (χ0n) is 16.5. The molecule has 0 saturated carbocycles. The minimum Gasteiger partial charge on any atom is -0.357 e. The smallest absolute Gasteiger partial charge is 0.191 e. The van der Waals surface area contributed by atoms with Crippen molar-refractivity contribution in [3.8, 4) is 0 Å². The maximum Gasteiger partial charge on any atom is 0.191 e. The van der Waals surface area contributed by atoms with Crippen LogP contribution in [-0.4, -0.2) is 98.2 Å². The second-order valence-corrected chi connectivity index (χ2v) is 8.32. The molecule has 4 fully saturated rings. The van der Waals surface area contributed by atoms with E-state index in [1.807, 2.05) is 0 Å². The third-order valence-corrected chi connectivity index (χ3v) is 5.75. The van der Waals surface area contributed by atoms with E-state index < -0.39 is 0 Å². The van der Waals surface area contributed by atoms with E-state index in [1.165, 1.54) is 65.2 Å². The number of hydrogen-bond acceptors (Lipinski definition) is 4. The highest BCUT2D eigenvalue weighted by atomic mass is 15.3. The van der Waals surface area contributed by atoms with Gasteiger partial charge in [-0.15, -0.1) is 0 Å². The highest BCUT2D eigenvalue weighted by molar-refractivity contribution is 5.80. The third-order valence-electron chi connectivity index (χ3n) is 5.75. The second kappa shape index (κ2) is 9.19. The Labute approximate surface area is 154 Å². The molecule has 1 atom stereocenters. The molecule has 4 heterocycles. The molecule has 0 aliphatic carbocycles. The van der Waals surface area contributed by atoms with Crippen LogP contribution in [-0.2, 0) is 0 Å². The van der Waals surface area contributed by atoms with Crippen molar-refractivity contribution in [3.63, 3.8) is 0 Å². The molecular weight excluding hydrogens is 312 g/mol. The largest absolute Gasteiger partial charge is 0.357 e. The average Bonchev–Trinajstić information content (AvgIpc) is 2.62. The van der Waals surface area contributed by atoms with Gasteiger partial charge in [0.15, 0.2) is 5.96 Å². The number of fused-ring (bicyclic) bond motifs is 3. The van der Waals surface area contributed by atoms with Crippen LogP contribution in [0.1, 0.15) is 33.6 Å². The summed E-state index contributed by atoms with van der Waals surface area (Å²) in [6, 6.07) is 1.17. The van der Waals surface area contributed by atoms with Crippen LogP contribution in [0.5, 0.6) is 0 Å². The van der Waals surface area contributed by atoms with Crippen molar-refractivity contribution in [1.29, 1.82) is 0 Å². The first-order chi connectivity index (χ1) is 12.1. The van der Waals surface area contributed by atoms with Gasteiger partial charge in [0.05, 0.1) is 6.54 Å². The lowest BCUT2D eigenvalue weighted by Gasteiger charge is -2.47. The van der Waals surface area contributed by atoms with Crippen molar-refractivity contribution in [2.24, 2.45) is 10.9 Å². The Kier molecular flexibility index (Phi) is 6.96. The van der Waals surface area contributed by atoms with Gasteiger partial charge in [-0.2, -0.15) is 0 Å². The van der Waals surface area contributed by atoms with Crippen LogP contribution < -0.4 is 10.6 Å². The van der Waals surface area contributed by atoms with Crippen molar-refractivity contribution in [2.75, 3.05) is 65.4 Å². The van der Waals surface area contributed by atoms with E-state index in [0.29, 0.717) is 12.1 Å². The minimum absolute atomic E-state index is 0.563. The van der Waals surface area contributed by atoms with Gasteiger partial charge in [0.2, 0.25) is 0 Å². The maximum atomic E-state index is 4.93. The van der Waals surface area contributed by atoms with Gasteiger partial charge >= 0.3 is 0 Å². The summed E-state index contributed by atoms with van der Waals surface area (Å²) in [5.74, 6) is 1.78. The fraction of sp³-hybridized carbons (Fsp3) is 0.947. The number of aliphatic imine (C=N–C) groups is 1. The summed E-state index contributed by atoms with van der Waals surface area (Å²) in [5, 5.41) is 7.14. The average molecular weight is 351 g/mol. The van der Waals surface area contributed by atoms with Gasteiger partial charge in [0.25, 0.3) is 0 Å². The number of nitrogens with zero attached hydrogens (tertiary/aromatic N) is 4. The zero-order chi connectivity index (χ0) is 17.6. The van der Waals surface area contributed by atoms with Gasteiger partial charge in [-0.1, -0.05) is 13.8 Å². The quantitative estimate of drug-likeness (QED) is 0.544. The standard InChI is InChI=1S/C19H38N6/c1-4-20-19(21-13-18-15-24-9-11-25(18)12-10-24)22-17-5-7-23(8-6-17)14-16(2)3/h16-18H,4-15H2,1-3H3,(H2,20,21,22). The first-order valence-electron chi connectivity index (χ1n) is 10.4. The number of nitrogens with one attached hydrogen (secondary N) is 2. The van der Waals surface area contributed by atoms with Crippen molar-refractivity contribution in [3.05, 3.63) is 0 Å². The van der Waals surface area contributed by atoms with Gasteiger partial charge in [0.1, 0.15) is 0 Å². The van der Waals surface area contributed by atoms with Crippen molar-refractivity contribution >= 4 is 5.96 Å². The summed E-state index contributed by atoms with van der Waals surface area (Å²) in [5.41, 5.74) is 0. The van der Waals surface area contributed by atoms with Crippen LogP contribution in [0.2, 0.25) is 0 Å². The number of guanidine groups is 1. The Morgan fingerprint density at radius 3 is 2.36 bits per heavy atom. The van der Waals surface area contributed by atoms with Crippen LogP contribution >= 0.6 is 0 Å². The SMILES string of the molecule is CCNC(=NCC1CN2CCN1CC2)NC1CCN(CC(C)C)CC1. The summed E-state index contributed by atoms with van der Waals surface area (Å²) in [6.45, 7) is 18.4. The summed E-state index contributed by atoms with van der Waals surface area (Å²) >= 11 is 0. The molecule has 4 rings (SSSR count). The fourth-order valence-electron chi connectivity index (χ4n) is 4.38. The van der Waals surface area contributed by atoms with Crippen molar-refractivity contribution in [1.82, 2.24) is 25.3 Å². The van der Waals surface area contributed by atoms with E-state index >= 15 is 0 Å². The molecule has 0 aromatic carbocycles. The Morgan fingerprint density at radius 1 is 1.08 bits per heavy atom. The number of likely N-dealkylation sites (tertiary alicyclic amines) is 1. The van der Waals surface area contributed by atoms with E-state index in [0.717, 1.165) is 25.0 Å². The van der Waals surface area contributed by atoms with E-state index in [9.17, 15) is 0 Å². The van der Waals surface area contributed by atoms with E-state index in [4.69, 9.17) is 4.99 Å². The number of piperazine rings is 3. The van der Waals surface area contributed by atoms with Crippen LogP contribution in [0.25, 0.3) is 0 Å². The fourth-order valence-corrected chi connectivity index (χ4v) is 4.38. The molecule has 144 valence electrons. The predicted octanol–water partition coefficient (Wildman–Crippen LogP) is 0.662. The van der Waals surface area contributed by atoms with Crippen LogP contribution in [0.3, 0.4) is 0 Å². The molecule has 25 heavy (non-hydrogen) atoms. The monoisotopic (exact) mass is 350 g/mol. The van der Waals surface area contributed by atoms with Crippen LogP contribution in [0.15, 0.2) is 4.99 Å². The van der Waals surface area contributed by atoms with Crippen molar-refractivity contribution < 1.29 is 0 Å². The van der Waals surface area contributed by atoms with E-state index in [-0.39, 0.29) is 0 Å². The van der Waals surface area contributed by atoms with Gasteiger partial charge in [-0.25, -0.2) is 0 Å². The van der Waals surface area contributed by atoms with Gasteiger partial charge < -0.3 is 15.5 Å². The van der Waals surface area contributed by atoms with Gasteiger partial charge in [0, 0.05) is 71.0 Å². The molecule has 2 bridgehead atoms. The number of rotatable bonds is 6. The Bertz CT molecular complexity index is 422. The molecular formula is C19H38N6. The zero-order valence-corrected chi connectivity index (χ0v) is 16.5. The summed E-state index contributed by atoms with van der Waals surface area (Å²) < 4.78 is 0. The molecule has 0 radical (unpaired) electrons. The highest BCUT2D eigenvalue weighted by Crippen LogP contribution is 2.16. The molecule has 6 heteroatoms. The Hall–Kier alpha value is -0.850. The molecule has 4 aliphatic rings. The maximum absolute atomic E-state index is 4.93. The Balaban J connectivity index is 1.46. The second-order valence-electron chi connectivity index (χ2n) is 8.32. The predicted molar refractivity (Wildman–Crippen MR) is 105 cm³/mol. The molecule has 0 amide bonds. The molecule has 0 spiro atoms. The molecule has 1 unspecified atom stereocenters. The molecule has 2 N–H and O–H groups in total. The molecule has 4 aliphatic heterocycles. The van der Waals surface area contributed by atoms with E-state index in [1.54, 1.807) is 0 Å².